The van der Waals surface area contributed by atoms with E-state index in [-0.39, 0.29) is 5.91 Å². The highest BCUT2D eigenvalue weighted by Crippen LogP contribution is 2.29. The average Bonchev–Trinajstić information content (AvgIpc) is 3.23. The lowest BCUT2D eigenvalue weighted by atomic mass is 10.3. The van der Waals surface area contributed by atoms with Crippen LogP contribution in [0, 0.1) is 0 Å². The Morgan fingerprint density at radius 2 is 2.24 bits per heavy atom. The number of hydrazine groups is 1. The van der Waals surface area contributed by atoms with Crippen LogP contribution in [0.2, 0.25) is 0 Å². The van der Waals surface area contributed by atoms with E-state index in [0.717, 1.165) is 10.4 Å². The van der Waals surface area contributed by atoms with Crippen molar-refractivity contribution in [3.63, 3.8) is 0 Å². The van der Waals surface area contributed by atoms with E-state index < -0.39 is 0 Å². The third-order valence-corrected chi connectivity index (χ3v) is 5.25. The van der Waals surface area contributed by atoms with Gasteiger partial charge in [-0.25, -0.2) is 5.84 Å². The number of nitrogens with zero attached hydrogens (tertiary/aromatic N) is 2. The molecule has 3 rings (SSSR count). The van der Waals surface area contributed by atoms with Gasteiger partial charge in [0.15, 0.2) is 0 Å². The van der Waals surface area contributed by atoms with Crippen molar-refractivity contribution >= 4 is 40.3 Å². The molecule has 0 aromatic carbocycles. The average molecular weight is 338 g/mol. The van der Waals surface area contributed by atoms with Crippen molar-refractivity contribution in [1.82, 2.24) is 15.6 Å². The van der Waals surface area contributed by atoms with Gasteiger partial charge in [0.05, 0.1) is 9.75 Å². The molecule has 0 atom stereocenters. The Bertz CT molecular complexity index is 735. The minimum Gasteiger partial charge on any atom is -0.410 e. The predicted molar refractivity (Wildman–Crippen MR) is 83.1 cm³/mol. The second-order valence-corrected chi connectivity index (χ2v) is 6.68. The van der Waals surface area contributed by atoms with Gasteiger partial charge in [0.25, 0.3) is 17.0 Å². The van der Waals surface area contributed by atoms with E-state index >= 15 is 0 Å². The summed E-state index contributed by atoms with van der Waals surface area (Å²) in [6, 6.07) is 5.74. The van der Waals surface area contributed by atoms with E-state index in [1.54, 1.807) is 11.3 Å². The molecule has 0 saturated heterocycles. The normalized spacial score (nSPS) is 10.7. The largest absolute Gasteiger partial charge is 0.410 e. The van der Waals surface area contributed by atoms with Gasteiger partial charge < -0.3 is 4.42 Å². The molecule has 3 heterocycles. The van der Waals surface area contributed by atoms with Crippen LogP contribution in [0.1, 0.15) is 15.2 Å². The van der Waals surface area contributed by atoms with Gasteiger partial charge in [0, 0.05) is 5.75 Å². The van der Waals surface area contributed by atoms with Gasteiger partial charge in [-0.05, 0) is 28.5 Å². The van der Waals surface area contributed by atoms with Gasteiger partial charge in [-0.2, -0.15) is 0 Å². The highest BCUT2D eigenvalue weighted by Gasteiger charge is 2.14. The molecular formula is C12H10N4O2S3. The van der Waals surface area contributed by atoms with Crippen LogP contribution >= 0.6 is 34.4 Å². The van der Waals surface area contributed by atoms with Crippen molar-refractivity contribution in [2.45, 2.75) is 11.0 Å². The molecule has 6 nitrogen and oxygen atoms in total. The summed E-state index contributed by atoms with van der Waals surface area (Å²) in [4.78, 5) is 13.1. The number of carbonyl (C=O) groups excluding carboxylic acids is 1. The fraction of sp³-hybridized carbons (Fsp3) is 0.0833. The number of nitrogens with one attached hydrogen (secondary N) is 1. The van der Waals surface area contributed by atoms with E-state index in [1.165, 1.54) is 23.1 Å². The Morgan fingerprint density at radius 3 is 3.00 bits per heavy atom. The fourth-order valence-electron chi connectivity index (χ4n) is 1.62. The van der Waals surface area contributed by atoms with Gasteiger partial charge in [0.1, 0.15) is 0 Å². The standard InChI is InChI=1S/C12H10N4O2S3/c13-14-10(17)9-7(3-5-20-9)6-21-12-16-15-11(18-12)8-2-1-4-19-8/h1-5H,6,13H2,(H,14,17). The molecule has 3 N–H and O–H groups in total. The van der Waals surface area contributed by atoms with Crippen LogP contribution in [0.5, 0.6) is 0 Å². The van der Waals surface area contributed by atoms with E-state index in [2.05, 4.69) is 15.6 Å². The van der Waals surface area contributed by atoms with Crippen LogP contribution in [0.4, 0.5) is 0 Å². The number of carbonyl (C=O) groups is 1. The van der Waals surface area contributed by atoms with Crippen molar-refractivity contribution in [3.05, 3.63) is 39.4 Å². The van der Waals surface area contributed by atoms with Gasteiger partial charge >= 0.3 is 0 Å². The van der Waals surface area contributed by atoms with Gasteiger partial charge in [-0.3, -0.25) is 10.2 Å². The first kappa shape index (κ1) is 14.3. The molecule has 9 heteroatoms. The first-order valence-corrected chi connectivity index (χ1v) is 8.60. The summed E-state index contributed by atoms with van der Waals surface area (Å²) in [6.07, 6.45) is 0. The lowest BCUT2D eigenvalue weighted by molar-refractivity contribution is 0.0957. The monoisotopic (exact) mass is 338 g/mol. The van der Waals surface area contributed by atoms with Crippen LogP contribution in [0.25, 0.3) is 10.8 Å². The van der Waals surface area contributed by atoms with Crippen molar-refractivity contribution in [2.24, 2.45) is 5.84 Å². The van der Waals surface area contributed by atoms with Gasteiger partial charge in [-0.1, -0.05) is 17.8 Å². The maximum absolute atomic E-state index is 11.6. The van der Waals surface area contributed by atoms with Crippen LogP contribution < -0.4 is 11.3 Å². The molecule has 0 spiro atoms. The SMILES string of the molecule is NNC(=O)c1sccc1CSc1nnc(-c2cccs2)o1. The molecule has 0 bridgehead atoms. The number of thioether (sulfide) groups is 1. The second-order valence-electron chi connectivity index (χ2n) is 3.89. The van der Waals surface area contributed by atoms with E-state index in [4.69, 9.17) is 10.3 Å². The van der Waals surface area contributed by atoms with Crippen LogP contribution in [0.3, 0.4) is 0 Å². The summed E-state index contributed by atoms with van der Waals surface area (Å²) in [7, 11) is 0. The smallest absolute Gasteiger partial charge is 0.277 e. The molecule has 0 fully saturated rings. The first-order chi connectivity index (χ1) is 10.3. The summed E-state index contributed by atoms with van der Waals surface area (Å²) < 4.78 is 5.58. The molecule has 1 amide bonds. The quantitative estimate of drug-likeness (QED) is 0.321. The molecule has 0 aliphatic carbocycles. The topological polar surface area (TPSA) is 94.0 Å². The lowest BCUT2D eigenvalue weighted by Crippen LogP contribution is -2.29. The number of rotatable bonds is 5. The molecule has 0 aliphatic heterocycles. The summed E-state index contributed by atoms with van der Waals surface area (Å²) in [5, 5.41) is 12.3. The molecule has 108 valence electrons. The summed E-state index contributed by atoms with van der Waals surface area (Å²) in [5.74, 6) is 5.95. The molecule has 3 aromatic rings. The van der Waals surface area contributed by atoms with Gasteiger partial charge in [0.2, 0.25) is 0 Å². The minimum absolute atomic E-state index is 0.287. The lowest BCUT2D eigenvalue weighted by Gasteiger charge is -2.00. The zero-order chi connectivity index (χ0) is 14.7. The number of amides is 1. The summed E-state index contributed by atoms with van der Waals surface area (Å²) in [5.41, 5.74) is 3.03. The molecule has 0 unspecified atom stereocenters. The molecule has 0 saturated carbocycles. The van der Waals surface area contributed by atoms with Crippen LogP contribution in [-0.4, -0.2) is 16.1 Å². The third kappa shape index (κ3) is 3.16. The molecule has 21 heavy (non-hydrogen) atoms. The first-order valence-electron chi connectivity index (χ1n) is 5.85. The highest BCUT2D eigenvalue weighted by molar-refractivity contribution is 7.98. The van der Waals surface area contributed by atoms with E-state index in [0.29, 0.717) is 21.7 Å². The minimum atomic E-state index is -0.287. The van der Waals surface area contributed by atoms with Crippen molar-refractivity contribution < 1.29 is 9.21 Å². The number of hydrogen-bond acceptors (Lipinski definition) is 8. The Hall–Kier alpha value is -1.68. The maximum atomic E-state index is 11.6. The Morgan fingerprint density at radius 1 is 1.33 bits per heavy atom. The fourth-order valence-corrected chi connectivity index (χ4v) is 3.94. The Labute approximate surface area is 132 Å². The van der Waals surface area contributed by atoms with Crippen molar-refractivity contribution in [1.29, 1.82) is 0 Å². The molecule has 0 aliphatic rings. The maximum Gasteiger partial charge on any atom is 0.277 e. The molecule has 3 aromatic heterocycles. The van der Waals surface area contributed by atoms with E-state index in [9.17, 15) is 4.79 Å². The number of aromatic nitrogens is 2. The molecule has 0 radical (unpaired) electrons. The Balaban J connectivity index is 1.69. The summed E-state index contributed by atoms with van der Waals surface area (Å²) in [6.45, 7) is 0. The number of nitrogen functional groups attached to an aromatic ring is 1. The highest BCUT2D eigenvalue weighted by atomic mass is 32.2. The Kier molecular flexibility index (Phi) is 4.34. The number of nitrogens with two attached hydrogens (primary N) is 1. The number of hydrogen-bond donors (Lipinski definition) is 2. The van der Waals surface area contributed by atoms with E-state index in [1.807, 2.05) is 29.0 Å². The van der Waals surface area contributed by atoms with Crippen LogP contribution in [0.15, 0.2) is 38.6 Å². The van der Waals surface area contributed by atoms with Crippen molar-refractivity contribution in [3.8, 4) is 10.8 Å². The van der Waals surface area contributed by atoms with Crippen molar-refractivity contribution in [2.75, 3.05) is 0 Å². The molecular weight excluding hydrogens is 328 g/mol. The predicted octanol–water partition coefficient (Wildman–Crippen LogP) is 2.76. The zero-order valence-corrected chi connectivity index (χ0v) is 13.1. The number of thiophene rings is 2. The van der Waals surface area contributed by atoms with Crippen LogP contribution in [-0.2, 0) is 5.75 Å². The van der Waals surface area contributed by atoms with Gasteiger partial charge in [-0.15, -0.1) is 32.9 Å². The summed E-state index contributed by atoms with van der Waals surface area (Å²) >= 11 is 4.28. The zero-order valence-electron chi connectivity index (χ0n) is 10.6. The third-order valence-electron chi connectivity index (χ3n) is 2.57. The second kappa shape index (κ2) is 6.39.